The molecular weight excluding hydrogens is 160 g/mol. The molecule has 1 saturated heterocycles. The summed E-state index contributed by atoms with van der Waals surface area (Å²) in [5.74, 6) is 1.40. The molecule has 0 aromatic rings. The Morgan fingerprint density at radius 1 is 1.64 bits per heavy atom. The highest BCUT2D eigenvalue weighted by molar-refractivity contribution is 7.80. The molecule has 64 valence electrons. The maximum atomic E-state index is 10.9. The number of carbonyl (C=O) groups excluding carboxylic acids is 1. The first-order chi connectivity index (χ1) is 5.33. The van der Waals surface area contributed by atoms with Crippen LogP contribution in [0.5, 0.6) is 0 Å². The molecule has 4 heteroatoms. The van der Waals surface area contributed by atoms with E-state index in [0.717, 1.165) is 19.6 Å². The third kappa shape index (κ3) is 3.12. The van der Waals surface area contributed by atoms with Gasteiger partial charge in [-0.25, -0.2) is 0 Å². The highest BCUT2D eigenvalue weighted by atomic mass is 32.1. The molecule has 0 atom stereocenters. The largest absolute Gasteiger partial charge is 0.356 e. The minimum absolute atomic E-state index is 0.118. The lowest BCUT2D eigenvalue weighted by Gasteiger charge is -2.26. The normalized spacial score (nSPS) is 17.5. The maximum absolute atomic E-state index is 10.9. The van der Waals surface area contributed by atoms with Crippen molar-refractivity contribution in [3.63, 3.8) is 0 Å². The molecule has 0 saturated carbocycles. The lowest BCUT2D eigenvalue weighted by Crippen LogP contribution is -2.48. The summed E-state index contributed by atoms with van der Waals surface area (Å²) >= 11 is 3.97. The van der Waals surface area contributed by atoms with Crippen molar-refractivity contribution in [2.45, 2.75) is 6.42 Å². The Labute approximate surface area is 72.3 Å². The van der Waals surface area contributed by atoms with E-state index < -0.39 is 0 Å². The summed E-state index contributed by atoms with van der Waals surface area (Å²) < 4.78 is 0. The van der Waals surface area contributed by atoms with Crippen molar-refractivity contribution in [2.24, 2.45) is 5.92 Å². The van der Waals surface area contributed by atoms with Gasteiger partial charge >= 0.3 is 0 Å². The first-order valence-corrected chi connectivity index (χ1v) is 4.54. The van der Waals surface area contributed by atoms with Crippen LogP contribution < -0.4 is 10.6 Å². The Bertz CT molecular complexity index is 136. The Hall–Kier alpha value is -0.220. The molecule has 0 unspecified atom stereocenters. The second-order valence-electron chi connectivity index (χ2n) is 2.80. The number of nitrogens with one attached hydrogen (secondary N) is 2. The Balaban J connectivity index is 1.96. The number of rotatable bonds is 4. The van der Waals surface area contributed by atoms with Gasteiger partial charge < -0.3 is 10.6 Å². The van der Waals surface area contributed by atoms with Crippen molar-refractivity contribution in [3.05, 3.63) is 0 Å². The molecule has 11 heavy (non-hydrogen) atoms. The molecule has 0 aromatic heterocycles. The molecule has 1 fully saturated rings. The fourth-order valence-electron chi connectivity index (χ4n) is 0.941. The van der Waals surface area contributed by atoms with E-state index in [1.807, 2.05) is 0 Å². The van der Waals surface area contributed by atoms with E-state index in [2.05, 4.69) is 23.3 Å². The predicted molar refractivity (Wildman–Crippen MR) is 47.8 cm³/mol. The average molecular weight is 174 g/mol. The summed E-state index contributed by atoms with van der Waals surface area (Å²) in [5.41, 5.74) is 0. The van der Waals surface area contributed by atoms with E-state index in [4.69, 9.17) is 0 Å². The number of hydrogen-bond acceptors (Lipinski definition) is 3. The van der Waals surface area contributed by atoms with Crippen molar-refractivity contribution in [1.82, 2.24) is 10.6 Å². The number of thiol groups is 1. The molecule has 1 aliphatic rings. The van der Waals surface area contributed by atoms with E-state index in [-0.39, 0.29) is 5.91 Å². The lowest BCUT2D eigenvalue weighted by molar-refractivity contribution is -0.120. The van der Waals surface area contributed by atoms with Gasteiger partial charge in [0.05, 0.1) is 0 Å². The fourth-order valence-corrected chi connectivity index (χ4v) is 1.14. The Morgan fingerprint density at radius 3 is 2.82 bits per heavy atom. The first kappa shape index (κ1) is 8.87. The van der Waals surface area contributed by atoms with Gasteiger partial charge in [0, 0.05) is 32.0 Å². The topological polar surface area (TPSA) is 41.1 Å². The van der Waals surface area contributed by atoms with Crippen molar-refractivity contribution in [1.29, 1.82) is 0 Å². The molecule has 3 nitrogen and oxygen atoms in total. The van der Waals surface area contributed by atoms with Gasteiger partial charge in [0.1, 0.15) is 0 Å². The lowest BCUT2D eigenvalue weighted by atomic mass is 10.0. The number of hydrogen-bond donors (Lipinski definition) is 3. The second-order valence-corrected chi connectivity index (χ2v) is 3.25. The summed E-state index contributed by atoms with van der Waals surface area (Å²) in [7, 11) is 0. The zero-order chi connectivity index (χ0) is 8.10. The summed E-state index contributed by atoms with van der Waals surface area (Å²) in [4.78, 5) is 10.9. The van der Waals surface area contributed by atoms with Crippen LogP contribution >= 0.6 is 12.6 Å². The van der Waals surface area contributed by atoms with E-state index >= 15 is 0 Å². The third-order valence-electron chi connectivity index (χ3n) is 1.79. The van der Waals surface area contributed by atoms with Crippen LogP contribution in [0, 0.1) is 5.92 Å². The molecule has 1 heterocycles. The van der Waals surface area contributed by atoms with Gasteiger partial charge in [-0.3, -0.25) is 4.79 Å². The van der Waals surface area contributed by atoms with Crippen molar-refractivity contribution < 1.29 is 4.79 Å². The molecule has 0 bridgehead atoms. The highest BCUT2D eigenvalue weighted by Crippen LogP contribution is 1.99. The zero-order valence-electron chi connectivity index (χ0n) is 6.47. The van der Waals surface area contributed by atoms with Crippen LogP contribution in [0.4, 0.5) is 0 Å². The third-order valence-corrected chi connectivity index (χ3v) is 2.02. The van der Waals surface area contributed by atoms with Gasteiger partial charge in [0.15, 0.2) is 0 Å². The molecule has 0 spiro atoms. The van der Waals surface area contributed by atoms with Crippen LogP contribution in [0.3, 0.4) is 0 Å². The molecule has 2 N–H and O–H groups in total. The first-order valence-electron chi connectivity index (χ1n) is 3.91. The van der Waals surface area contributed by atoms with Gasteiger partial charge in [0.2, 0.25) is 5.91 Å². The van der Waals surface area contributed by atoms with E-state index in [0.29, 0.717) is 18.1 Å². The van der Waals surface area contributed by atoms with Crippen molar-refractivity contribution >= 4 is 18.5 Å². The van der Waals surface area contributed by atoms with Crippen molar-refractivity contribution in [3.8, 4) is 0 Å². The van der Waals surface area contributed by atoms with Crippen LogP contribution in [0.1, 0.15) is 6.42 Å². The zero-order valence-corrected chi connectivity index (χ0v) is 7.36. The summed E-state index contributed by atoms with van der Waals surface area (Å²) in [6.45, 7) is 2.90. The molecular formula is C7H14N2OS. The van der Waals surface area contributed by atoms with Gasteiger partial charge in [-0.2, -0.15) is 12.6 Å². The smallest absolute Gasteiger partial charge is 0.220 e. The van der Waals surface area contributed by atoms with Crippen LogP contribution in [0.2, 0.25) is 0 Å². The average Bonchev–Trinajstić information content (AvgIpc) is 1.85. The fraction of sp³-hybridized carbons (Fsp3) is 0.857. The van der Waals surface area contributed by atoms with Crippen LogP contribution in [0.15, 0.2) is 0 Å². The molecule has 1 aliphatic heterocycles. The molecule has 0 aliphatic carbocycles. The monoisotopic (exact) mass is 174 g/mol. The number of carbonyl (C=O) groups is 1. The standard InChI is InChI=1S/C7H14N2OS/c10-7(1-2-11)9-5-6-3-8-4-6/h6,8,11H,1-5H2,(H,9,10). The molecule has 1 rings (SSSR count). The predicted octanol–water partition coefficient (Wildman–Crippen LogP) is -0.358. The minimum atomic E-state index is 0.118. The Kier molecular flexibility index (Phi) is 3.72. The summed E-state index contributed by atoms with van der Waals surface area (Å²) in [5, 5.41) is 6.01. The molecule has 1 amide bonds. The van der Waals surface area contributed by atoms with Crippen LogP contribution in [-0.2, 0) is 4.79 Å². The Morgan fingerprint density at radius 2 is 2.36 bits per heavy atom. The van der Waals surface area contributed by atoms with Gasteiger partial charge in [-0.1, -0.05) is 0 Å². The van der Waals surface area contributed by atoms with Crippen molar-refractivity contribution in [2.75, 3.05) is 25.4 Å². The summed E-state index contributed by atoms with van der Waals surface area (Å²) in [6, 6.07) is 0. The maximum Gasteiger partial charge on any atom is 0.220 e. The van der Waals surface area contributed by atoms with Gasteiger partial charge in [-0.15, -0.1) is 0 Å². The van der Waals surface area contributed by atoms with Gasteiger partial charge in [-0.05, 0) is 5.75 Å². The molecule has 0 aromatic carbocycles. The van der Waals surface area contributed by atoms with E-state index in [9.17, 15) is 4.79 Å². The highest BCUT2D eigenvalue weighted by Gasteiger charge is 2.16. The minimum Gasteiger partial charge on any atom is -0.356 e. The van der Waals surface area contributed by atoms with E-state index in [1.54, 1.807) is 0 Å². The SMILES string of the molecule is O=C(CCS)NCC1CNC1. The van der Waals surface area contributed by atoms with Crippen LogP contribution in [-0.4, -0.2) is 31.3 Å². The van der Waals surface area contributed by atoms with Crippen LogP contribution in [0.25, 0.3) is 0 Å². The van der Waals surface area contributed by atoms with Gasteiger partial charge in [0.25, 0.3) is 0 Å². The van der Waals surface area contributed by atoms with E-state index in [1.165, 1.54) is 0 Å². The summed E-state index contributed by atoms with van der Waals surface area (Å²) in [6.07, 6.45) is 0.531. The molecule has 0 radical (unpaired) electrons. The quantitative estimate of drug-likeness (QED) is 0.510. The number of amides is 1. The second kappa shape index (κ2) is 4.62.